The minimum Gasteiger partial charge on any atom is -0.346 e. The van der Waals surface area contributed by atoms with Gasteiger partial charge in [-0.2, -0.15) is 0 Å². The van der Waals surface area contributed by atoms with Crippen molar-refractivity contribution in [3.05, 3.63) is 65.5 Å². The first-order chi connectivity index (χ1) is 15.3. The van der Waals surface area contributed by atoms with Crippen molar-refractivity contribution in [1.82, 2.24) is 15.1 Å². The molecule has 1 heterocycles. The normalized spacial score (nSPS) is 14.2. The molecule has 1 aliphatic rings. The zero-order chi connectivity index (χ0) is 23.1. The van der Waals surface area contributed by atoms with Gasteiger partial charge >= 0.3 is 0 Å². The minimum atomic E-state index is -1.08. The number of benzene rings is 2. The van der Waals surface area contributed by atoms with E-state index in [0.29, 0.717) is 26.2 Å². The number of anilines is 1. The summed E-state index contributed by atoms with van der Waals surface area (Å²) in [5.74, 6) is -3.45. The molecule has 1 fully saturated rings. The van der Waals surface area contributed by atoms with Crippen LogP contribution in [0.4, 0.5) is 18.9 Å². The molecule has 0 aliphatic carbocycles. The van der Waals surface area contributed by atoms with Crippen molar-refractivity contribution in [2.45, 2.75) is 6.42 Å². The van der Waals surface area contributed by atoms with Crippen LogP contribution in [0.1, 0.15) is 5.56 Å². The van der Waals surface area contributed by atoms with Crippen LogP contribution in [0.5, 0.6) is 0 Å². The number of nitrogens with zero attached hydrogens (tertiary/aromatic N) is 2. The Morgan fingerprint density at radius 3 is 2.19 bits per heavy atom. The Bertz CT molecular complexity index is 977. The first-order valence-corrected chi connectivity index (χ1v) is 10.1. The molecule has 1 aliphatic heterocycles. The van der Waals surface area contributed by atoms with Crippen molar-refractivity contribution in [2.24, 2.45) is 0 Å². The van der Waals surface area contributed by atoms with Gasteiger partial charge in [0.15, 0.2) is 11.6 Å². The molecule has 0 aromatic heterocycles. The Morgan fingerprint density at radius 1 is 0.844 bits per heavy atom. The van der Waals surface area contributed by atoms with Crippen molar-refractivity contribution in [3.8, 4) is 0 Å². The predicted octanol–water partition coefficient (Wildman–Crippen LogP) is 1.55. The Balaban J connectivity index is 1.35. The van der Waals surface area contributed by atoms with Crippen LogP contribution in [0.25, 0.3) is 0 Å². The maximum Gasteiger partial charge on any atom is 0.243 e. The number of carbonyl (C=O) groups is 3. The second-order valence-electron chi connectivity index (χ2n) is 7.41. The van der Waals surface area contributed by atoms with E-state index in [2.05, 4.69) is 10.6 Å². The second-order valence-corrected chi connectivity index (χ2v) is 7.41. The molecule has 0 spiro atoms. The molecule has 1 saturated heterocycles. The summed E-state index contributed by atoms with van der Waals surface area (Å²) in [5.41, 5.74) is 0.824. The molecule has 2 N–H and O–H groups in total. The first kappa shape index (κ1) is 23.3. The minimum absolute atomic E-state index is 0.0605. The molecule has 3 rings (SSSR count). The van der Waals surface area contributed by atoms with Crippen LogP contribution in [-0.2, 0) is 20.8 Å². The van der Waals surface area contributed by atoms with Gasteiger partial charge < -0.3 is 15.5 Å². The van der Waals surface area contributed by atoms with Crippen LogP contribution in [0.2, 0.25) is 0 Å². The Morgan fingerprint density at radius 2 is 1.53 bits per heavy atom. The topological polar surface area (TPSA) is 81.8 Å². The highest BCUT2D eigenvalue weighted by molar-refractivity contribution is 5.94. The van der Waals surface area contributed by atoms with Crippen LogP contribution < -0.4 is 10.6 Å². The SMILES string of the molecule is O=C(CN1CCN(C(=O)Cc2ccc(F)cc2)CC1)NCC(=O)Nc1ccc(F)c(F)c1. The lowest BCUT2D eigenvalue weighted by molar-refractivity contribution is -0.132. The van der Waals surface area contributed by atoms with E-state index in [0.717, 1.165) is 17.7 Å². The molecule has 2 aromatic rings. The van der Waals surface area contributed by atoms with Gasteiger partial charge in [0.2, 0.25) is 17.7 Å². The summed E-state index contributed by atoms with van der Waals surface area (Å²) in [5, 5.41) is 4.85. The fourth-order valence-corrected chi connectivity index (χ4v) is 3.26. The summed E-state index contributed by atoms with van der Waals surface area (Å²) in [6, 6.07) is 8.76. The quantitative estimate of drug-likeness (QED) is 0.674. The van der Waals surface area contributed by atoms with Gasteiger partial charge in [0.1, 0.15) is 5.82 Å². The molecule has 3 amide bonds. The number of hydrogen-bond acceptors (Lipinski definition) is 4. The van der Waals surface area contributed by atoms with Gasteiger partial charge in [-0.05, 0) is 29.8 Å². The third-order valence-electron chi connectivity index (χ3n) is 5.01. The standard InChI is InChI=1S/C22H23F3N4O3/c23-16-3-1-15(2-4-16)11-22(32)29-9-7-28(8-10-29)14-21(31)26-13-20(30)27-17-5-6-18(24)19(25)12-17/h1-6,12H,7-11,13-14H2,(H,26,31)(H,27,30). The van der Waals surface area contributed by atoms with Crippen molar-refractivity contribution >= 4 is 23.4 Å². The summed E-state index contributed by atoms with van der Waals surface area (Å²) < 4.78 is 39.0. The van der Waals surface area contributed by atoms with Crippen LogP contribution in [0.15, 0.2) is 42.5 Å². The lowest BCUT2D eigenvalue weighted by Crippen LogP contribution is -2.51. The summed E-state index contributed by atoms with van der Waals surface area (Å²) in [6.07, 6.45) is 0.188. The smallest absolute Gasteiger partial charge is 0.243 e. The number of carbonyl (C=O) groups excluding carboxylic acids is 3. The van der Waals surface area contributed by atoms with Crippen molar-refractivity contribution < 1.29 is 27.6 Å². The second kappa shape index (κ2) is 10.8. The number of amides is 3. The van der Waals surface area contributed by atoms with E-state index in [-0.39, 0.29) is 42.8 Å². The van der Waals surface area contributed by atoms with E-state index in [1.54, 1.807) is 17.0 Å². The third kappa shape index (κ3) is 6.81. The van der Waals surface area contributed by atoms with Gasteiger partial charge in [0.05, 0.1) is 19.5 Å². The molecule has 0 bridgehead atoms. The number of nitrogens with one attached hydrogen (secondary N) is 2. The van der Waals surface area contributed by atoms with Crippen molar-refractivity contribution in [2.75, 3.05) is 44.6 Å². The highest BCUT2D eigenvalue weighted by Gasteiger charge is 2.22. The zero-order valence-electron chi connectivity index (χ0n) is 17.2. The predicted molar refractivity (Wildman–Crippen MR) is 111 cm³/mol. The Hall–Kier alpha value is -3.40. The molecule has 170 valence electrons. The fraction of sp³-hybridized carbons (Fsp3) is 0.318. The van der Waals surface area contributed by atoms with E-state index in [1.165, 1.54) is 18.2 Å². The van der Waals surface area contributed by atoms with Gasteiger partial charge in [0.25, 0.3) is 0 Å². The summed E-state index contributed by atoms with van der Waals surface area (Å²) >= 11 is 0. The lowest BCUT2D eigenvalue weighted by atomic mass is 10.1. The number of rotatable bonds is 7. The maximum absolute atomic E-state index is 13.2. The van der Waals surface area contributed by atoms with Crippen LogP contribution in [0, 0.1) is 17.5 Å². The number of hydrogen-bond donors (Lipinski definition) is 2. The average molecular weight is 448 g/mol. The molecule has 0 saturated carbocycles. The summed E-state index contributed by atoms with van der Waals surface area (Å²) in [6.45, 7) is 1.69. The van der Waals surface area contributed by atoms with Crippen molar-refractivity contribution in [1.29, 1.82) is 0 Å². The van der Waals surface area contributed by atoms with Crippen molar-refractivity contribution in [3.63, 3.8) is 0 Å². The van der Waals surface area contributed by atoms with Gasteiger partial charge in [-0.1, -0.05) is 12.1 Å². The van der Waals surface area contributed by atoms with Crippen LogP contribution in [0.3, 0.4) is 0 Å². The van der Waals surface area contributed by atoms with E-state index in [4.69, 9.17) is 0 Å². The molecule has 32 heavy (non-hydrogen) atoms. The third-order valence-corrected chi connectivity index (χ3v) is 5.01. The van der Waals surface area contributed by atoms with Gasteiger partial charge in [-0.25, -0.2) is 13.2 Å². The number of halogens is 3. The summed E-state index contributed by atoms with van der Waals surface area (Å²) in [4.78, 5) is 39.9. The van der Waals surface area contributed by atoms with Crippen LogP contribution in [-0.4, -0.2) is 66.8 Å². The number of piperazine rings is 1. The molecular formula is C22H23F3N4O3. The van der Waals surface area contributed by atoms with E-state index >= 15 is 0 Å². The maximum atomic E-state index is 13.2. The van der Waals surface area contributed by atoms with E-state index in [9.17, 15) is 27.6 Å². The van der Waals surface area contributed by atoms with Crippen LogP contribution >= 0.6 is 0 Å². The lowest BCUT2D eigenvalue weighted by Gasteiger charge is -2.34. The Kier molecular flexibility index (Phi) is 7.82. The first-order valence-electron chi connectivity index (χ1n) is 10.1. The average Bonchev–Trinajstić information content (AvgIpc) is 2.77. The zero-order valence-corrected chi connectivity index (χ0v) is 17.2. The van der Waals surface area contributed by atoms with E-state index < -0.39 is 17.5 Å². The molecule has 7 nitrogen and oxygen atoms in total. The molecule has 0 unspecified atom stereocenters. The largest absolute Gasteiger partial charge is 0.346 e. The van der Waals surface area contributed by atoms with Gasteiger partial charge in [-0.15, -0.1) is 0 Å². The monoisotopic (exact) mass is 448 g/mol. The van der Waals surface area contributed by atoms with E-state index in [1.807, 2.05) is 4.90 Å². The molecule has 0 radical (unpaired) electrons. The highest BCUT2D eigenvalue weighted by atomic mass is 19.2. The molecule has 0 atom stereocenters. The van der Waals surface area contributed by atoms with Gasteiger partial charge in [-0.3, -0.25) is 19.3 Å². The highest BCUT2D eigenvalue weighted by Crippen LogP contribution is 2.13. The summed E-state index contributed by atoms with van der Waals surface area (Å²) in [7, 11) is 0. The molecule has 2 aromatic carbocycles. The van der Waals surface area contributed by atoms with Gasteiger partial charge in [0, 0.05) is 37.9 Å². The Labute approximate surface area is 183 Å². The molecule has 10 heteroatoms. The molecular weight excluding hydrogens is 425 g/mol. The fourth-order valence-electron chi connectivity index (χ4n) is 3.26.